The number of nitrogens with zero attached hydrogens (tertiary/aromatic N) is 1. The molecule has 0 radical (unpaired) electrons. The molecular formula is C15H17N2O+. The molecule has 0 bridgehead atoms. The van der Waals surface area contributed by atoms with Crippen molar-refractivity contribution >= 4 is 17.6 Å². The zero-order valence-electron chi connectivity index (χ0n) is 10.6. The minimum atomic E-state index is 0.249. The maximum absolute atomic E-state index is 9.62. The number of rotatable bonds is 3. The largest absolute Gasteiger partial charge is 0.502 e. The summed E-state index contributed by atoms with van der Waals surface area (Å²) in [6.07, 6.45) is 1.87. The van der Waals surface area contributed by atoms with Crippen LogP contribution in [-0.2, 0) is 0 Å². The standard InChI is InChI=1S/C15H16N2O/c1-17(2)13-9-7-12(8-10-13)11-16-14-5-3-4-6-15(14)18/h3-11,18H,1-2H3/p+1. The lowest BCUT2D eigenvalue weighted by molar-refractivity contribution is -0.348. The zero-order valence-corrected chi connectivity index (χ0v) is 10.6. The second kappa shape index (κ2) is 5.36. The van der Waals surface area contributed by atoms with Crippen molar-refractivity contribution in [2.24, 2.45) is 0 Å². The first-order valence-corrected chi connectivity index (χ1v) is 5.82. The number of nitrogens with one attached hydrogen (secondary N) is 1. The smallest absolute Gasteiger partial charge is 0.245 e. The molecule has 2 aromatic rings. The molecule has 0 saturated carbocycles. The molecule has 0 fully saturated rings. The molecule has 2 N–H and O–H groups in total. The summed E-state index contributed by atoms with van der Waals surface area (Å²) in [7, 11) is 4.03. The van der Waals surface area contributed by atoms with E-state index in [9.17, 15) is 5.11 Å². The lowest BCUT2D eigenvalue weighted by atomic mass is 10.2. The van der Waals surface area contributed by atoms with E-state index in [0.29, 0.717) is 5.69 Å². The summed E-state index contributed by atoms with van der Waals surface area (Å²) >= 11 is 0. The summed E-state index contributed by atoms with van der Waals surface area (Å²) in [4.78, 5) is 5.15. The van der Waals surface area contributed by atoms with E-state index in [-0.39, 0.29) is 5.75 Å². The van der Waals surface area contributed by atoms with E-state index < -0.39 is 0 Å². The van der Waals surface area contributed by atoms with Crippen LogP contribution in [0.1, 0.15) is 5.56 Å². The van der Waals surface area contributed by atoms with Crippen molar-refractivity contribution in [3.05, 3.63) is 54.1 Å². The van der Waals surface area contributed by atoms with Gasteiger partial charge in [0.25, 0.3) is 0 Å². The molecule has 0 aliphatic heterocycles. The van der Waals surface area contributed by atoms with E-state index in [1.165, 1.54) is 0 Å². The second-order valence-electron chi connectivity index (χ2n) is 4.29. The van der Waals surface area contributed by atoms with Gasteiger partial charge in [-0.25, -0.2) is 4.99 Å². The first-order chi connectivity index (χ1) is 8.66. The van der Waals surface area contributed by atoms with Crippen LogP contribution in [0.4, 0.5) is 11.4 Å². The predicted octanol–water partition coefficient (Wildman–Crippen LogP) is 1.29. The third-order valence-corrected chi connectivity index (χ3v) is 2.71. The second-order valence-corrected chi connectivity index (χ2v) is 4.29. The third kappa shape index (κ3) is 2.88. The van der Waals surface area contributed by atoms with Gasteiger partial charge in [0.2, 0.25) is 5.69 Å². The summed E-state index contributed by atoms with van der Waals surface area (Å²) < 4.78 is 0. The first kappa shape index (κ1) is 12.2. The van der Waals surface area contributed by atoms with Crippen LogP contribution < -0.4 is 9.89 Å². The molecule has 2 aromatic carbocycles. The fourth-order valence-electron chi connectivity index (χ4n) is 1.63. The minimum absolute atomic E-state index is 0.249. The summed E-state index contributed by atoms with van der Waals surface area (Å²) in [5, 5.41) is 9.62. The van der Waals surface area contributed by atoms with Gasteiger partial charge in [0.1, 0.15) is 0 Å². The lowest BCUT2D eigenvalue weighted by Gasteiger charge is -2.11. The molecule has 0 saturated heterocycles. The number of para-hydroxylation sites is 2. The highest BCUT2D eigenvalue weighted by atomic mass is 16.3. The van der Waals surface area contributed by atoms with Crippen molar-refractivity contribution in [3.63, 3.8) is 0 Å². The highest BCUT2D eigenvalue weighted by Crippen LogP contribution is 2.15. The van der Waals surface area contributed by atoms with Crippen molar-refractivity contribution in [2.75, 3.05) is 19.0 Å². The molecule has 0 unspecified atom stereocenters. The van der Waals surface area contributed by atoms with E-state index in [1.807, 2.05) is 44.6 Å². The highest BCUT2D eigenvalue weighted by Gasteiger charge is 2.02. The van der Waals surface area contributed by atoms with Crippen LogP contribution in [-0.4, -0.2) is 25.4 Å². The number of hydrogen-bond acceptors (Lipinski definition) is 2. The molecule has 0 aliphatic carbocycles. The first-order valence-electron chi connectivity index (χ1n) is 5.82. The topological polar surface area (TPSA) is 37.4 Å². The Bertz CT molecular complexity index is 545. The number of phenolic OH excluding ortho intramolecular Hbond substituents is 1. The summed E-state index contributed by atoms with van der Waals surface area (Å²) in [6, 6.07) is 15.3. The van der Waals surface area contributed by atoms with E-state index >= 15 is 0 Å². The van der Waals surface area contributed by atoms with E-state index in [0.717, 1.165) is 11.3 Å². The summed E-state index contributed by atoms with van der Waals surface area (Å²) in [5.74, 6) is 0.249. The quantitative estimate of drug-likeness (QED) is 0.627. The molecule has 18 heavy (non-hydrogen) atoms. The Morgan fingerprint density at radius 3 is 2.28 bits per heavy atom. The van der Waals surface area contributed by atoms with Crippen molar-refractivity contribution in [1.82, 2.24) is 0 Å². The molecule has 0 amide bonds. The number of phenols is 1. The molecule has 3 nitrogen and oxygen atoms in total. The van der Waals surface area contributed by atoms with Gasteiger partial charge in [-0.2, -0.15) is 0 Å². The van der Waals surface area contributed by atoms with Crippen molar-refractivity contribution in [2.45, 2.75) is 0 Å². The molecule has 3 heteroatoms. The highest BCUT2D eigenvalue weighted by molar-refractivity contribution is 5.76. The molecule has 92 valence electrons. The van der Waals surface area contributed by atoms with Gasteiger partial charge in [-0.3, -0.25) is 0 Å². The van der Waals surface area contributed by atoms with Gasteiger partial charge in [-0.05, 0) is 30.3 Å². The molecule has 0 heterocycles. The Kier molecular flexibility index (Phi) is 3.63. The minimum Gasteiger partial charge on any atom is -0.502 e. The SMILES string of the molecule is CN(C)c1ccc(C=[NH+]c2ccccc2O)cc1. The van der Waals surface area contributed by atoms with Crippen LogP contribution in [0.2, 0.25) is 0 Å². The average molecular weight is 241 g/mol. The fourth-order valence-corrected chi connectivity index (χ4v) is 1.63. The molecule has 0 spiro atoms. The van der Waals surface area contributed by atoms with Crippen LogP contribution in [0.5, 0.6) is 5.75 Å². The maximum atomic E-state index is 9.62. The van der Waals surface area contributed by atoms with E-state index in [1.54, 1.807) is 12.1 Å². The molecule has 0 aromatic heterocycles. The van der Waals surface area contributed by atoms with Gasteiger partial charge >= 0.3 is 0 Å². The summed E-state index contributed by atoms with van der Waals surface area (Å²) in [5.41, 5.74) is 2.92. The van der Waals surface area contributed by atoms with Gasteiger partial charge in [-0.1, -0.05) is 12.1 Å². The molecule has 0 atom stereocenters. The predicted molar refractivity (Wildman–Crippen MR) is 74.7 cm³/mol. The number of anilines is 1. The number of aromatic hydroxyl groups is 1. The number of benzene rings is 2. The van der Waals surface area contributed by atoms with E-state index in [4.69, 9.17) is 0 Å². The Morgan fingerprint density at radius 1 is 1.00 bits per heavy atom. The maximum Gasteiger partial charge on any atom is 0.245 e. The molecule has 0 aliphatic rings. The van der Waals surface area contributed by atoms with Gasteiger partial charge in [0, 0.05) is 31.4 Å². The fraction of sp³-hybridized carbons (Fsp3) is 0.133. The van der Waals surface area contributed by atoms with Crippen LogP contribution in [0.25, 0.3) is 0 Å². The Morgan fingerprint density at radius 2 is 1.67 bits per heavy atom. The van der Waals surface area contributed by atoms with Crippen LogP contribution >= 0.6 is 0 Å². The Balaban J connectivity index is 2.17. The number of hydrogen-bond donors (Lipinski definition) is 2. The summed E-state index contributed by atoms with van der Waals surface area (Å²) in [6.45, 7) is 0. The van der Waals surface area contributed by atoms with Crippen molar-refractivity contribution in [1.29, 1.82) is 0 Å². The van der Waals surface area contributed by atoms with Gasteiger partial charge < -0.3 is 10.0 Å². The molecular weight excluding hydrogens is 224 g/mol. The Hall–Kier alpha value is -2.29. The normalized spacial score (nSPS) is 10.8. The van der Waals surface area contributed by atoms with Crippen LogP contribution in [0.15, 0.2) is 48.5 Å². The average Bonchev–Trinajstić information content (AvgIpc) is 2.38. The van der Waals surface area contributed by atoms with Gasteiger partial charge in [-0.15, -0.1) is 0 Å². The lowest BCUT2D eigenvalue weighted by Crippen LogP contribution is -2.61. The van der Waals surface area contributed by atoms with Gasteiger partial charge in [0.05, 0.1) is 0 Å². The molecule has 2 rings (SSSR count). The third-order valence-electron chi connectivity index (χ3n) is 2.71. The van der Waals surface area contributed by atoms with Crippen LogP contribution in [0.3, 0.4) is 0 Å². The van der Waals surface area contributed by atoms with E-state index in [2.05, 4.69) is 22.0 Å². The van der Waals surface area contributed by atoms with Crippen LogP contribution in [0, 0.1) is 0 Å². The van der Waals surface area contributed by atoms with Crippen molar-refractivity contribution < 1.29 is 10.1 Å². The van der Waals surface area contributed by atoms with Crippen molar-refractivity contribution in [3.8, 4) is 5.75 Å². The zero-order chi connectivity index (χ0) is 13.0. The van der Waals surface area contributed by atoms with Gasteiger partial charge in [0.15, 0.2) is 12.0 Å². The monoisotopic (exact) mass is 241 g/mol. The Labute approximate surface area is 107 Å².